The van der Waals surface area contributed by atoms with E-state index < -0.39 is 0 Å². The summed E-state index contributed by atoms with van der Waals surface area (Å²) in [6.45, 7) is 3.85. The standard InChI is InChI=1S/C11H17N9O/c1-7(2)16-8(21)4-14-10-17-9(12-3)18-11(19-10)20-6-13-5-15-20/h5-7H,4H2,1-3H3,(H,16,21)(H2,12,14,17,18,19). The lowest BCUT2D eigenvalue weighted by Crippen LogP contribution is -2.35. The lowest BCUT2D eigenvalue weighted by molar-refractivity contribution is -0.119. The van der Waals surface area contributed by atoms with Crippen molar-refractivity contribution in [2.75, 3.05) is 24.2 Å². The molecule has 0 aliphatic rings. The number of aromatic nitrogens is 6. The van der Waals surface area contributed by atoms with Gasteiger partial charge in [-0.2, -0.15) is 24.7 Å². The maximum Gasteiger partial charge on any atom is 0.258 e. The minimum Gasteiger partial charge on any atom is -0.357 e. The van der Waals surface area contributed by atoms with Crippen LogP contribution in [-0.4, -0.2) is 55.3 Å². The van der Waals surface area contributed by atoms with Crippen LogP contribution in [0, 0.1) is 0 Å². The van der Waals surface area contributed by atoms with Crippen LogP contribution >= 0.6 is 0 Å². The minimum atomic E-state index is -0.140. The molecule has 2 rings (SSSR count). The molecular formula is C11H17N9O. The van der Waals surface area contributed by atoms with Gasteiger partial charge < -0.3 is 16.0 Å². The van der Waals surface area contributed by atoms with Crippen molar-refractivity contribution in [3.63, 3.8) is 0 Å². The molecule has 2 aromatic rings. The highest BCUT2D eigenvalue weighted by Gasteiger charge is 2.09. The Morgan fingerprint density at radius 3 is 2.67 bits per heavy atom. The third-order valence-electron chi connectivity index (χ3n) is 2.33. The van der Waals surface area contributed by atoms with E-state index in [0.717, 1.165) is 0 Å². The van der Waals surface area contributed by atoms with Crippen molar-refractivity contribution >= 4 is 17.8 Å². The van der Waals surface area contributed by atoms with Crippen LogP contribution in [0.3, 0.4) is 0 Å². The van der Waals surface area contributed by atoms with E-state index in [1.807, 2.05) is 13.8 Å². The normalized spacial score (nSPS) is 10.5. The monoisotopic (exact) mass is 291 g/mol. The van der Waals surface area contributed by atoms with Gasteiger partial charge in [0, 0.05) is 13.1 Å². The molecule has 112 valence electrons. The first kappa shape index (κ1) is 14.6. The van der Waals surface area contributed by atoms with E-state index in [1.54, 1.807) is 7.05 Å². The quantitative estimate of drug-likeness (QED) is 0.646. The van der Waals surface area contributed by atoms with Gasteiger partial charge >= 0.3 is 0 Å². The molecule has 0 spiro atoms. The number of hydrogen-bond donors (Lipinski definition) is 3. The van der Waals surface area contributed by atoms with Gasteiger partial charge in [0.15, 0.2) is 0 Å². The Bertz CT molecular complexity index is 596. The zero-order valence-electron chi connectivity index (χ0n) is 12.0. The van der Waals surface area contributed by atoms with Gasteiger partial charge in [0.1, 0.15) is 12.7 Å². The molecule has 0 aliphatic carbocycles. The fourth-order valence-electron chi connectivity index (χ4n) is 1.50. The van der Waals surface area contributed by atoms with E-state index >= 15 is 0 Å². The highest BCUT2D eigenvalue weighted by atomic mass is 16.1. The first-order valence-electron chi connectivity index (χ1n) is 6.40. The number of carbonyl (C=O) groups is 1. The van der Waals surface area contributed by atoms with Crippen molar-refractivity contribution in [3.05, 3.63) is 12.7 Å². The Labute approximate surface area is 121 Å². The molecule has 0 radical (unpaired) electrons. The van der Waals surface area contributed by atoms with E-state index in [4.69, 9.17) is 0 Å². The van der Waals surface area contributed by atoms with Crippen molar-refractivity contribution in [1.82, 2.24) is 35.0 Å². The van der Waals surface area contributed by atoms with Crippen LogP contribution in [0.4, 0.5) is 11.9 Å². The van der Waals surface area contributed by atoms with Gasteiger partial charge in [0.2, 0.25) is 17.8 Å². The molecule has 0 saturated carbocycles. The number of nitrogens with zero attached hydrogens (tertiary/aromatic N) is 6. The summed E-state index contributed by atoms with van der Waals surface area (Å²) < 4.78 is 1.40. The number of rotatable bonds is 6. The van der Waals surface area contributed by atoms with Crippen molar-refractivity contribution < 1.29 is 4.79 Å². The smallest absolute Gasteiger partial charge is 0.258 e. The molecule has 10 heteroatoms. The van der Waals surface area contributed by atoms with Gasteiger partial charge in [0.05, 0.1) is 6.54 Å². The van der Waals surface area contributed by atoms with Gasteiger partial charge in [-0.15, -0.1) is 0 Å². The zero-order valence-corrected chi connectivity index (χ0v) is 12.0. The second-order valence-corrected chi connectivity index (χ2v) is 4.45. The maximum atomic E-state index is 11.6. The molecule has 0 bridgehead atoms. The summed E-state index contributed by atoms with van der Waals surface area (Å²) in [6, 6.07) is 0.0798. The average molecular weight is 291 g/mol. The number of anilines is 2. The molecule has 3 N–H and O–H groups in total. The topological polar surface area (TPSA) is 123 Å². The Hall–Kier alpha value is -2.78. The predicted octanol–water partition coefficient (Wildman–Crippen LogP) is -0.570. The Balaban J connectivity index is 2.12. The van der Waals surface area contributed by atoms with Crippen LogP contribution in [0.1, 0.15) is 13.8 Å². The summed E-state index contributed by atoms with van der Waals surface area (Å²) in [5, 5.41) is 12.4. The summed E-state index contributed by atoms with van der Waals surface area (Å²) in [7, 11) is 1.69. The fourth-order valence-corrected chi connectivity index (χ4v) is 1.50. The molecule has 0 aliphatic heterocycles. The summed E-state index contributed by atoms with van der Waals surface area (Å²) in [6.07, 6.45) is 2.86. The number of carbonyl (C=O) groups excluding carboxylic acids is 1. The molecule has 2 heterocycles. The molecule has 21 heavy (non-hydrogen) atoms. The molecule has 0 aromatic carbocycles. The first-order chi connectivity index (χ1) is 10.1. The van der Waals surface area contributed by atoms with Crippen LogP contribution in [0.5, 0.6) is 0 Å². The van der Waals surface area contributed by atoms with Gasteiger partial charge in [0.25, 0.3) is 5.95 Å². The summed E-state index contributed by atoms with van der Waals surface area (Å²) in [4.78, 5) is 27.9. The van der Waals surface area contributed by atoms with Crippen molar-refractivity contribution in [1.29, 1.82) is 0 Å². The van der Waals surface area contributed by atoms with E-state index in [2.05, 4.69) is 41.0 Å². The van der Waals surface area contributed by atoms with Crippen LogP contribution in [0.25, 0.3) is 5.95 Å². The van der Waals surface area contributed by atoms with E-state index in [9.17, 15) is 4.79 Å². The second kappa shape index (κ2) is 6.59. The number of amides is 1. The summed E-state index contributed by atoms with van der Waals surface area (Å²) in [5.74, 6) is 0.804. The fraction of sp³-hybridized carbons (Fsp3) is 0.455. The lowest BCUT2D eigenvalue weighted by atomic mass is 10.4. The van der Waals surface area contributed by atoms with Gasteiger partial charge in [-0.1, -0.05) is 0 Å². The minimum absolute atomic E-state index is 0.0716. The van der Waals surface area contributed by atoms with Crippen LogP contribution in [0.15, 0.2) is 12.7 Å². The number of hydrogen-bond acceptors (Lipinski definition) is 8. The van der Waals surface area contributed by atoms with E-state index in [-0.39, 0.29) is 24.4 Å². The highest BCUT2D eigenvalue weighted by molar-refractivity contribution is 5.80. The molecule has 0 unspecified atom stereocenters. The van der Waals surface area contributed by atoms with E-state index in [0.29, 0.717) is 11.9 Å². The average Bonchev–Trinajstić information content (AvgIpc) is 2.98. The number of nitrogens with one attached hydrogen (secondary N) is 3. The van der Waals surface area contributed by atoms with E-state index in [1.165, 1.54) is 17.3 Å². The Morgan fingerprint density at radius 2 is 2.05 bits per heavy atom. The van der Waals surface area contributed by atoms with Gasteiger partial charge in [-0.25, -0.2) is 4.98 Å². The molecule has 0 saturated heterocycles. The highest BCUT2D eigenvalue weighted by Crippen LogP contribution is 2.07. The van der Waals surface area contributed by atoms with Crippen molar-refractivity contribution in [2.24, 2.45) is 0 Å². The summed E-state index contributed by atoms with van der Waals surface area (Å²) in [5.41, 5.74) is 0. The third-order valence-corrected chi connectivity index (χ3v) is 2.33. The molecule has 2 aromatic heterocycles. The third kappa shape index (κ3) is 4.09. The SMILES string of the molecule is CNc1nc(NCC(=O)NC(C)C)nc(-n2cncn2)n1. The Kier molecular flexibility index (Phi) is 4.59. The van der Waals surface area contributed by atoms with Crippen molar-refractivity contribution in [3.8, 4) is 5.95 Å². The molecular weight excluding hydrogens is 274 g/mol. The van der Waals surface area contributed by atoms with Crippen molar-refractivity contribution in [2.45, 2.75) is 19.9 Å². The van der Waals surface area contributed by atoms with Gasteiger partial charge in [-0.3, -0.25) is 4.79 Å². The molecule has 1 amide bonds. The second-order valence-electron chi connectivity index (χ2n) is 4.45. The first-order valence-corrected chi connectivity index (χ1v) is 6.40. The maximum absolute atomic E-state index is 11.6. The van der Waals surface area contributed by atoms with Crippen LogP contribution in [0.2, 0.25) is 0 Å². The largest absolute Gasteiger partial charge is 0.357 e. The lowest BCUT2D eigenvalue weighted by Gasteiger charge is -2.10. The van der Waals surface area contributed by atoms with Crippen LogP contribution in [-0.2, 0) is 4.79 Å². The molecule has 10 nitrogen and oxygen atoms in total. The van der Waals surface area contributed by atoms with Crippen LogP contribution < -0.4 is 16.0 Å². The Morgan fingerprint density at radius 1 is 1.29 bits per heavy atom. The van der Waals surface area contributed by atoms with Gasteiger partial charge in [-0.05, 0) is 13.8 Å². The zero-order chi connectivity index (χ0) is 15.2. The predicted molar refractivity (Wildman–Crippen MR) is 76.1 cm³/mol. The molecule has 0 atom stereocenters. The summed E-state index contributed by atoms with van der Waals surface area (Å²) >= 11 is 0. The molecule has 0 fully saturated rings.